The van der Waals surface area contributed by atoms with Crippen LogP contribution in [-0.2, 0) is 0 Å². The van der Waals surface area contributed by atoms with E-state index < -0.39 is 0 Å². The SMILES string of the molecule is C=c1c(-c2cc3cnccc3[nH]2)n[nH]/c1=C/C=C(\C)C1=CCNCC1. The van der Waals surface area contributed by atoms with Gasteiger partial charge in [0, 0.05) is 35.1 Å². The Hall–Kier alpha value is -2.92. The molecule has 0 saturated heterocycles. The van der Waals surface area contributed by atoms with Gasteiger partial charge in [0.05, 0.1) is 11.0 Å². The normalized spacial score (nSPS) is 16.4. The molecule has 5 heteroatoms. The zero-order chi connectivity index (χ0) is 17.2. The molecule has 1 aliphatic rings. The molecule has 0 bridgehead atoms. The highest BCUT2D eigenvalue weighted by atomic mass is 15.1. The molecule has 0 saturated carbocycles. The summed E-state index contributed by atoms with van der Waals surface area (Å²) >= 11 is 0. The van der Waals surface area contributed by atoms with E-state index in [1.54, 1.807) is 6.20 Å². The van der Waals surface area contributed by atoms with E-state index in [2.05, 4.69) is 63.3 Å². The van der Waals surface area contributed by atoms with Crippen LogP contribution in [0.15, 0.2) is 47.8 Å². The number of H-pyrrole nitrogens is 2. The van der Waals surface area contributed by atoms with Crippen LogP contribution in [0.5, 0.6) is 0 Å². The van der Waals surface area contributed by atoms with Crippen LogP contribution in [0.2, 0.25) is 0 Å². The Morgan fingerprint density at radius 1 is 1.36 bits per heavy atom. The second kappa shape index (κ2) is 6.53. The number of pyridine rings is 1. The Bertz CT molecular complexity index is 1050. The summed E-state index contributed by atoms with van der Waals surface area (Å²) in [7, 11) is 0. The van der Waals surface area contributed by atoms with Crippen molar-refractivity contribution < 1.29 is 0 Å². The van der Waals surface area contributed by atoms with Crippen LogP contribution in [0.25, 0.3) is 34.9 Å². The van der Waals surface area contributed by atoms with Gasteiger partial charge in [0.15, 0.2) is 0 Å². The molecular weight excluding hydrogens is 310 g/mol. The number of allylic oxidation sites excluding steroid dienone is 2. The third-order valence-electron chi connectivity index (χ3n) is 4.65. The molecule has 0 fully saturated rings. The molecule has 0 spiro atoms. The Morgan fingerprint density at radius 2 is 2.28 bits per heavy atom. The molecule has 126 valence electrons. The zero-order valence-corrected chi connectivity index (χ0v) is 14.3. The lowest BCUT2D eigenvalue weighted by molar-refractivity contribution is 0.707. The van der Waals surface area contributed by atoms with Gasteiger partial charge in [-0.3, -0.25) is 10.1 Å². The van der Waals surface area contributed by atoms with Crippen molar-refractivity contribution in [1.82, 2.24) is 25.5 Å². The fourth-order valence-corrected chi connectivity index (χ4v) is 3.14. The largest absolute Gasteiger partial charge is 0.353 e. The highest BCUT2D eigenvalue weighted by Crippen LogP contribution is 2.19. The molecule has 0 aromatic carbocycles. The molecule has 4 rings (SSSR count). The fourth-order valence-electron chi connectivity index (χ4n) is 3.14. The van der Waals surface area contributed by atoms with Crippen LogP contribution >= 0.6 is 0 Å². The summed E-state index contributed by atoms with van der Waals surface area (Å²) in [6.45, 7) is 8.35. The van der Waals surface area contributed by atoms with Gasteiger partial charge in [0.2, 0.25) is 0 Å². The lowest BCUT2D eigenvalue weighted by Crippen LogP contribution is -2.22. The van der Waals surface area contributed by atoms with Gasteiger partial charge >= 0.3 is 0 Å². The van der Waals surface area contributed by atoms with E-state index in [0.29, 0.717) is 0 Å². The van der Waals surface area contributed by atoms with E-state index >= 15 is 0 Å². The van der Waals surface area contributed by atoms with Crippen LogP contribution < -0.4 is 15.9 Å². The smallest absolute Gasteiger partial charge is 0.116 e. The van der Waals surface area contributed by atoms with Crippen molar-refractivity contribution >= 4 is 23.6 Å². The minimum atomic E-state index is 0.842. The number of fused-ring (bicyclic) bond motifs is 1. The van der Waals surface area contributed by atoms with Crippen molar-refractivity contribution in [3.8, 4) is 11.4 Å². The Kier molecular flexibility index (Phi) is 4.07. The molecule has 0 atom stereocenters. The van der Waals surface area contributed by atoms with Gasteiger partial charge in [-0.05, 0) is 49.2 Å². The van der Waals surface area contributed by atoms with E-state index in [1.807, 2.05) is 12.3 Å². The van der Waals surface area contributed by atoms with Crippen molar-refractivity contribution in [1.29, 1.82) is 0 Å². The lowest BCUT2D eigenvalue weighted by Gasteiger charge is -2.13. The first-order valence-electron chi connectivity index (χ1n) is 8.47. The molecule has 0 radical (unpaired) electrons. The maximum Gasteiger partial charge on any atom is 0.116 e. The molecule has 5 nitrogen and oxygen atoms in total. The third-order valence-corrected chi connectivity index (χ3v) is 4.65. The van der Waals surface area contributed by atoms with Crippen molar-refractivity contribution in [2.75, 3.05) is 13.1 Å². The van der Waals surface area contributed by atoms with Crippen LogP contribution in [0.1, 0.15) is 13.3 Å². The summed E-state index contributed by atoms with van der Waals surface area (Å²) in [5, 5.41) is 13.8. The Labute approximate surface area is 145 Å². The van der Waals surface area contributed by atoms with Crippen molar-refractivity contribution in [3.63, 3.8) is 0 Å². The second-order valence-electron chi connectivity index (χ2n) is 6.31. The fraction of sp³-hybridized carbons (Fsp3) is 0.200. The van der Waals surface area contributed by atoms with Gasteiger partial charge < -0.3 is 10.3 Å². The molecule has 3 N–H and O–H groups in total. The van der Waals surface area contributed by atoms with Gasteiger partial charge in [-0.1, -0.05) is 18.7 Å². The third kappa shape index (κ3) is 3.06. The predicted molar refractivity (Wildman–Crippen MR) is 102 cm³/mol. The van der Waals surface area contributed by atoms with E-state index in [-0.39, 0.29) is 0 Å². The molecular formula is C20H21N5. The van der Waals surface area contributed by atoms with Gasteiger partial charge in [0.25, 0.3) is 0 Å². The summed E-state index contributed by atoms with van der Waals surface area (Å²) in [4.78, 5) is 7.53. The average molecular weight is 331 g/mol. The highest BCUT2D eigenvalue weighted by Gasteiger charge is 2.08. The average Bonchev–Trinajstić information content (AvgIpc) is 3.23. The number of nitrogens with one attached hydrogen (secondary N) is 3. The molecule has 0 unspecified atom stereocenters. The first-order chi connectivity index (χ1) is 12.2. The van der Waals surface area contributed by atoms with E-state index in [4.69, 9.17) is 0 Å². The molecule has 3 aromatic heterocycles. The Morgan fingerprint density at radius 3 is 3.08 bits per heavy atom. The predicted octanol–water partition coefficient (Wildman–Crippen LogP) is 2.01. The first kappa shape index (κ1) is 15.6. The molecule has 1 aliphatic heterocycles. The van der Waals surface area contributed by atoms with Crippen LogP contribution in [0, 0.1) is 0 Å². The van der Waals surface area contributed by atoms with E-state index in [0.717, 1.165) is 52.4 Å². The topological polar surface area (TPSA) is 69.4 Å². The van der Waals surface area contributed by atoms with Gasteiger partial charge in [-0.15, -0.1) is 0 Å². The molecule has 0 aliphatic carbocycles. The maximum atomic E-state index is 4.45. The highest BCUT2D eigenvalue weighted by molar-refractivity contribution is 5.84. The standard InChI is InChI=1S/C20H21N5/c1-13(15-5-8-21-9-6-15)3-4-17-14(2)20(25-24-17)19-11-16-12-22-10-7-18(16)23-19/h3-5,7,10-12,21,23-24H,2,6,8-9H2,1H3/b13-3+,17-4+. The van der Waals surface area contributed by atoms with E-state index in [1.165, 1.54) is 11.1 Å². The number of hydrogen-bond acceptors (Lipinski definition) is 3. The summed E-state index contributed by atoms with van der Waals surface area (Å²) in [6, 6.07) is 4.01. The van der Waals surface area contributed by atoms with Crippen molar-refractivity contribution in [2.24, 2.45) is 0 Å². The zero-order valence-electron chi connectivity index (χ0n) is 14.3. The summed E-state index contributed by atoms with van der Waals surface area (Å²) in [6.07, 6.45) is 11.1. The molecule has 25 heavy (non-hydrogen) atoms. The lowest BCUT2D eigenvalue weighted by atomic mass is 10.0. The van der Waals surface area contributed by atoms with E-state index in [9.17, 15) is 0 Å². The number of rotatable bonds is 3. The number of aromatic amines is 2. The molecule has 3 aromatic rings. The monoisotopic (exact) mass is 331 g/mol. The van der Waals surface area contributed by atoms with Crippen LogP contribution in [-0.4, -0.2) is 33.3 Å². The first-order valence-corrected chi connectivity index (χ1v) is 8.47. The number of hydrogen-bond donors (Lipinski definition) is 3. The second-order valence-corrected chi connectivity index (χ2v) is 6.31. The van der Waals surface area contributed by atoms with Gasteiger partial charge in [-0.25, -0.2) is 0 Å². The van der Waals surface area contributed by atoms with Crippen molar-refractivity contribution in [2.45, 2.75) is 13.3 Å². The number of aromatic nitrogens is 4. The van der Waals surface area contributed by atoms with Crippen molar-refractivity contribution in [3.05, 3.63) is 58.4 Å². The minimum Gasteiger partial charge on any atom is -0.353 e. The van der Waals surface area contributed by atoms with Crippen LogP contribution in [0.4, 0.5) is 0 Å². The summed E-state index contributed by atoms with van der Waals surface area (Å²) in [5.74, 6) is 0. The summed E-state index contributed by atoms with van der Waals surface area (Å²) in [5.41, 5.74) is 5.53. The van der Waals surface area contributed by atoms with Gasteiger partial charge in [-0.2, -0.15) is 5.10 Å². The Balaban J connectivity index is 1.69. The minimum absolute atomic E-state index is 0.842. The maximum absolute atomic E-state index is 4.45. The number of nitrogens with zero attached hydrogens (tertiary/aromatic N) is 2. The molecule has 0 amide bonds. The van der Waals surface area contributed by atoms with Crippen LogP contribution in [0.3, 0.4) is 0 Å². The summed E-state index contributed by atoms with van der Waals surface area (Å²) < 4.78 is 0. The quantitative estimate of drug-likeness (QED) is 0.688. The van der Waals surface area contributed by atoms with Gasteiger partial charge in [0.1, 0.15) is 5.69 Å². The molecule has 4 heterocycles.